The SMILES string of the molecule is CCC12CC3CC(CC(C3)C1)CC2O. The molecule has 0 aromatic carbocycles. The van der Waals surface area contributed by atoms with E-state index in [0.717, 1.165) is 24.2 Å². The second kappa shape index (κ2) is 2.98. The highest BCUT2D eigenvalue weighted by atomic mass is 16.3. The lowest BCUT2D eigenvalue weighted by Crippen LogP contribution is -2.39. The Hall–Kier alpha value is -0.0400. The molecule has 0 amide bonds. The average molecular weight is 194 g/mol. The zero-order chi connectivity index (χ0) is 9.76. The summed E-state index contributed by atoms with van der Waals surface area (Å²) < 4.78 is 0. The Morgan fingerprint density at radius 1 is 1.00 bits per heavy atom. The van der Waals surface area contributed by atoms with Gasteiger partial charge in [0.2, 0.25) is 0 Å². The number of aliphatic hydroxyl groups excluding tert-OH is 1. The van der Waals surface area contributed by atoms with Crippen LogP contribution in [0.1, 0.15) is 51.9 Å². The minimum Gasteiger partial charge on any atom is -0.393 e. The molecule has 4 saturated carbocycles. The van der Waals surface area contributed by atoms with Crippen molar-refractivity contribution in [3.05, 3.63) is 0 Å². The fraction of sp³-hybridized carbons (Fsp3) is 1.00. The standard InChI is InChI=1S/C13H22O/c1-2-13-7-10-3-9(6-12(13)14)4-11(5-10)8-13/h9-12,14H,2-8H2,1H3. The monoisotopic (exact) mass is 194 g/mol. The molecular formula is C13H22O. The minimum absolute atomic E-state index is 0.0211. The molecule has 4 bridgehead atoms. The maximum absolute atomic E-state index is 10.3. The Balaban J connectivity index is 1.96. The first-order valence-corrected chi connectivity index (χ1v) is 6.40. The van der Waals surface area contributed by atoms with Crippen LogP contribution in [0.5, 0.6) is 0 Å². The molecule has 4 aliphatic rings. The molecule has 0 spiro atoms. The van der Waals surface area contributed by atoms with Gasteiger partial charge in [-0.15, -0.1) is 0 Å². The molecule has 1 heteroatoms. The van der Waals surface area contributed by atoms with Crippen molar-refractivity contribution in [3.8, 4) is 0 Å². The van der Waals surface area contributed by atoms with E-state index in [4.69, 9.17) is 0 Å². The number of hydrogen-bond donors (Lipinski definition) is 1. The summed E-state index contributed by atoms with van der Waals surface area (Å²) in [6.07, 6.45) is 9.33. The lowest BCUT2D eigenvalue weighted by atomic mass is 9.60. The molecule has 0 radical (unpaired) electrons. The second-order valence-electron chi connectivity index (χ2n) is 6.18. The van der Waals surface area contributed by atoms with Crippen molar-refractivity contribution in [3.63, 3.8) is 0 Å². The largest absolute Gasteiger partial charge is 0.393 e. The van der Waals surface area contributed by atoms with Crippen LogP contribution in [0.15, 0.2) is 0 Å². The van der Waals surface area contributed by atoms with Crippen LogP contribution >= 0.6 is 0 Å². The number of hydrogen-bond acceptors (Lipinski definition) is 1. The van der Waals surface area contributed by atoms with Crippen LogP contribution in [0, 0.1) is 23.2 Å². The van der Waals surface area contributed by atoms with Crippen LogP contribution in [0.3, 0.4) is 0 Å². The molecule has 3 unspecified atom stereocenters. The molecule has 80 valence electrons. The Labute approximate surface area is 86.9 Å². The molecule has 4 fully saturated rings. The summed E-state index contributed by atoms with van der Waals surface area (Å²) in [6, 6.07) is 0. The Bertz CT molecular complexity index is 221. The molecule has 0 aromatic heterocycles. The summed E-state index contributed by atoms with van der Waals surface area (Å²) in [5.41, 5.74) is 0.332. The zero-order valence-corrected chi connectivity index (χ0v) is 9.21. The molecule has 0 aromatic rings. The smallest absolute Gasteiger partial charge is 0.0599 e. The van der Waals surface area contributed by atoms with E-state index in [1.54, 1.807) is 0 Å². The summed E-state index contributed by atoms with van der Waals surface area (Å²) in [5.74, 6) is 2.79. The van der Waals surface area contributed by atoms with Gasteiger partial charge in [-0.2, -0.15) is 0 Å². The molecular weight excluding hydrogens is 172 g/mol. The third-order valence-electron chi connectivity index (χ3n) is 5.36. The van der Waals surface area contributed by atoms with E-state index in [0.29, 0.717) is 5.41 Å². The highest BCUT2D eigenvalue weighted by Crippen LogP contribution is 2.58. The van der Waals surface area contributed by atoms with Gasteiger partial charge in [-0.1, -0.05) is 6.92 Å². The molecule has 0 aliphatic heterocycles. The van der Waals surface area contributed by atoms with Crippen LogP contribution in [-0.4, -0.2) is 11.2 Å². The minimum atomic E-state index is 0.0211. The van der Waals surface area contributed by atoms with Gasteiger partial charge in [0.05, 0.1) is 6.10 Å². The Morgan fingerprint density at radius 3 is 2.14 bits per heavy atom. The average Bonchev–Trinajstić information content (AvgIpc) is 2.29. The van der Waals surface area contributed by atoms with E-state index in [-0.39, 0.29) is 6.10 Å². The molecule has 0 heterocycles. The molecule has 0 saturated heterocycles. The first-order valence-electron chi connectivity index (χ1n) is 6.40. The zero-order valence-electron chi connectivity index (χ0n) is 9.21. The van der Waals surface area contributed by atoms with Crippen LogP contribution < -0.4 is 0 Å². The van der Waals surface area contributed by atoms with E-state index in [1.807, 2.05) is 0 Å². The first kappa shape index (κ1) is 9.21. The Kier molecular flexibility index (Phi) is 1.96. The van der Waals surface area contributed by atoms with Gasteiger partial charge >= 0.3 is 0 Å². The molecule has 1 N–H and O–H groups in total. The van der Waals surface area contributed by atoms with Crippen LogP contribution in [0.25, 0.3) is 0 Å². The number of aliphatic hydroxyl groups is 1. The van der Waals surface area contributed by atoms with Crippen LogP contribution in [0.4, 0.5) is 0 Å². The second-order valence-corrected chi connectivity index (χ2v) is 6.18. The maximum Gasteiger partial charge on any atom is 0.0599 e. The van der Waals surface area contributed by atoms with Crippen molar-refractivity contribution in [1.29, 1.82) is 0 Å². The highest BCUT2D eigenvalue weighted by molar-refractivity contribution is 5.01. The molecule has 3 atom stereocenters. The van der Waals surface area contributed by atoms with Gasteiger partial charge in [0.15, 0.2) is 0 Å². The topological polar surface area (TPSA) is 20.2 Å². The van der Waals surface area contributed by atoms with Gasteiger partial charge in [-0.25, -0.2) is 0 Å². The third kappa shape index (κ3) is 1.18. The van der Waals surface area contributed by atoms with Crippen LogP contribution in [-0.2, 0) is 0 Å². The summed E-state index contributed by atoms with van der Waals surface area (Å²) >= 11 is 0. The van der Waals surface area contributed by atoms with Crippen molar-refractivity contribution < 1.29 is 5.11 Å². The summed E-state index contributed by atoms with van der Waals surface area (Å²) in [6.45, 7) is 2.29. The number of fused-ring (bicyclic) bond motifs is 1. The van der Waals surface area contributed by atoms with E-state index in [1.165, 1.54) is 38.5 Å². The third-order valence-corrected chi connectivity index (χ3v) is 5.36. The van der Waals surface area contributed by atoms with Crippen LogP contribution in [0.2, 0.25) is 0 Å². The van der Waals surface area contributed by atoms with Gasteiger partial charge in [0.1, 0.15) is 0 Å². The van der Waals surface area contributed by atoms with E-state index in [9.17, 15) is 5.11 Å². The van der Waals surface area contributed by atoms with Crippen molar-refractivity contribution in [2.75, 3.05) is 0 Å². The van der Waals surface area contributed by atoms with Crippen molar-refractivity contribution in [2.24, 2.45) is 23.2 Å². The lowest BCUT2D eigenvalue weighted by molar-refractivity contribution is -0.0252. The van der Waals surface area contributed by atoms with Gasteiger partial charge in [0.25, 0.3) is 0 Å². The van der Waals surface area contributed by atoms with Gasteiger partial charge in [-0.3, -0.25) is 0 Å². The molecule has 1 nitrogen and oxygen atoms in total. The summed E-state index contributed by atoms with van der Waals surface area (Å²) in [7, 11) is 0. The quantitative estimate of drug-likeness (QED) is 0.680. The predicted octanol–water partition coefficient (Wildman–Crippen LogP) is 2.97. The molecule has 4 rings (SSSR count). The van der Waals surface area contributed by atoms with E-state index in [2.05, 4.69) is 6.92 Å². The van der Waals surface area contributed by atoms with Crippen molar-refractivity contribution in [2.45, 2.75) is 58.0 Å². The van der Waals surface area contributed by atoms with Gasteiger partial charge in [0, 0.05) is 0 Å². The molecule has 14 heavy (non-hydrogen) atoms. The van der Waals surface area contributed by atoms with E-state index >= 15 is 0 Å². The number of rotatable bonds is 1. The fourth-order valence-electron chi connectivity index (χ4n) is 4.82. The van der Waals surface area contributed by atoms with Crippen molar-refractivity contribution in [1.82, 2.24) is 0 Å². The Morgan fingerprint density at radius 2 is 1.57 bits per heavy atom. The van der Waals surface area contributed by atoms with Gasteiger partial charge in [-0.05, 0) is 68.1 Å². The summed E-state index contributed by atoms with van der Waals surface area (Å²) in [4.78, 5) is 0. The normalized spacial score (nSPS) is 56.1. The van der Waals surface area contributed by atoms with Crippen molar-refractivity contribution >= 4 is 0 Å². The van der Waals surface area contributed by atoms with E-state index < -0.39 is 0 Å². The predicted molar refractivity (Wildman–Crippen MR) is 56.9 cm³/mol. The lowest BCUT2D eigenvalue weighted by Gasteiger charge is -2.46. The fourth-order valence-corrected chi connectivity index (χ4v) is 4.82. The van der Waals surface area contributed by atoms with Gasteiger partial charge < -0.3 is 5.11 Å². The summed E-state index contributed by atoms with van der Waals surface area (Å²) in [5, 5.41) is 10.3. The first-order chi connectivity index (χ1) is 6.72. The maximum atomic E-state index is 10.3. The molecule has 4 aliphatic carbocycles. The highest BCUT2D eigenvalue weighted by Gasteiger charge is 2.50.